The van der Waals surface area contributed by atoms with E-state index in [1.807, 2.05) is 0 Å². The molecular formula is C23H34N2O6. The molecule has 2 unspecified atom stereocenters. The maximum absolute atomic E-state index is 9.92. The van der Waals surface area contributed by atoms with E-state index in [0.29, 0.717) is 13.2 Å². The van der Waals surface area contributed by atoms with Gasteiger partial charge in [0.25, 0.3) is 0 Å². The van der Waals surface area contributed by atoms with E-state index < -0.39 is 12.2 Å². The Morgan fingerprint density at radius 2 is 1.06 bits per heavy atom. The lowest BCUT2D eigenvalue weighted by atomic mass is 10.1. The predicted molar refractivity (Wildman–Crippen MR) is 121 cm³/mol. The summed E-state index contributed by atoms with van der Waals surface area (Å²) in [5.41, 5.74) is 2.74. The van der Waals surface area contributed by atoms with Crippen LogP contribution in [0, 0.1) is 0 Å². The maximum atomic E-state index is 9.92. The van der Waals surface area contributed by atoms with E-state index in [9.17, 15) is 9.59 Å². The van der Waals surface area contributed by atoms with Crippen LogP contribution >= 0.6 is 0 Å². The monoisotopic (exact) mass is 434 g/mol. The smallest absolute Gasteiger partial charge is 0.404 e. The lowest BCUT2D eigenvalue weighted by Crippen LogP contribution is -2.34. The molecule has 0 saturated carbocycles. The number of methoxy groups -OCH3 is 2. The summed E-state index contributed by atoms with van der Waals surface area (Å²) in [6.45, 7) is 4.29. The van der Waals surface area contributed by atoms with Gasteiger partial charge in [-0.3, -0.25) is 0 Å². The highest BCUT2D eigenvalue weighted by Gasteiger charge is 2.02. The van der Waals surface area contributed by atoms with Gasteiger partial charge in [-0.1, -0.05) is 60.7 Å². The van der Waals surface area contributed by atoms with Crippen molar-refractivity contribution in [1.29, 1.82) is 0 Å². The van der Waals surface area contributed by atoms with Crippen LogP contribution in [0.3, 0.4) is 0 Å². The van der Waals surface area contributed by atoms with E-state index in [1.54, 1.807) is 13.8 Å². The fraction of sp³-hybridized carbons (Fsp3) is 0.391. The number of carboxylic acid groups (broad SMARTS) is 2. The van der Waals surface area contributed by atoms with Crippen LogP contribution in [0.1, 0.15) is 25.0 Å². The summed E-state index contributed by atoms with van der Waals surface area (Å²) in [6.07, 6.45) is -0.999. The lowest BCUT2D eigenvalue weighted by Gasteiger charge is -2.08. The molecule has 0 fully saturated rings. The molecule has 0 saturated heterocycles. The van der Waals surface area contributed by atoms with Crippen LogP contribution in [0.4, 0.5) is 9.59 Å². The van der Waals surface area contributed by atoms with Gasteiger partial charge in [-0.15, -0.1) is 0 Å². The molecule has 2 atom stereocenters. The van der Waals surface area contributed by atoms with Gasteiger partial charge in [0, 0.05) is 14.2 Å². The van der Waals surface area contributed by atoms with E-state index in [1.165, 1.54) is 25.3 Å². The highest BCUT2D eigenvalue weighted by Crippen LogP contribution is 2.07. The Bertz CT molecular complexity index is 651. The van der Waals surface area contributed by atoms with Crippen molar-refractivity contribution < 1.29 is 29.3 Å². The summed E-state index contributed by atoms with van der Waals surface area (Å²) < 4.78 is 9.36. The number of nitrogens with one attached hydrogen (secondary N) is 2. The van der Waals surface area contributed by atoms with Crippen molar-refractivity contribution in [2.75, 3.05) is 27.4 Å². The van der Waals surface area contributed by atoms with Gasteiger partial charge in [0.05, 0.1) is 25.3 Å². The van der Waals surface area contributed by atoms with Crippen LogP contribution in [0.25, 0.3) is 0 Å². The van der Waals surface area contributed by atoms with E-state index in [2.05, 4.69) is 80.8 Å². The molecule has 0 aliphatic rings. The first-order valence-corrected chi connectivity index (χ1v) is 9.83. The van der Waals surface area contributed by atoms with Crippen molar-refractivity contribution in [3.63, 3.8) is 0 Å². The second-order valence-corrected chi connectivity index (χ2v) is 6.76. The Morgan fingerprint density at radius 1 is 0.742 bits per heavy atom. The van der Waals surface area contributed by atoms with E-state index in [-0.39, 0.29) is 12.1 Å². The van der Waals surface area contributed by atoms with Crippen LogP contribution in [-0.4, -0.2) is 61.9 Å². The summed E-state index contributed by atoms with van der Waals surface area (Å²) in [4.78, 5) is 19.8. The summed E-state index contributed by atoms with van der Waals surface area (Å²) >= 11 is 0. The predicted octanol–water partition coefficient (Wildman–Crippen LogP) is 3.86. The van der Waals surface area contributed by atoms with Gasteiger partial charge in [-0.2, -0.15) is 0 Å². The third kappa shape index (κ3) is 17.5. The number of amides is 2. The van der Waals surface area contributed by atoms with Gasteiger partial charge in [0.2, 0.25) is 0 Å². The number of hydrogen-bond acceptors (Lipinski definition) is 4. The van der Waals surface area contributed by atoms with Crippen molar-refractivity contribution in [3.05, 3.63) is 71.8 Å². The molecule has 2 aromatic rings. The van der Waals surface area contributed by atoms with Crippen molar-refractivity contribution >= 4 is 12.2 Å². The van der Waals surface area contributed by atoms with Gasteiger partial charge >= 0.3 is 12.2 Å². The highest BCUT2D eigenvalue weighted by atomic mass is 16.5. The topological polar surface area (TPSA) is 117 Å². The first-order valence-electron chi connectivity index (χ1n) is 9.83. The molecule has 0 aliphatic heterocycles. The Morgan fingerprint density at radius 3 is 1.32 bits per heavy atom. The average molecular weight is 435 g/mol. The number of ether oxygens (including phenoxy) is 2. The fourth-order valence-electron chi connectivity index (χ4n) is 2.43. The number of benzene rings is 2. The number of rotatable bonds is 8. The van der Waals surface area contributed by atoms with Crippen LogP contribution < -0.4 is 10.6 Å². The Hall–Kier alpha value is -3.10. The minimum absolute atomic E-state index is 0.132. The van der Waals surface area contributed by atoms with Crippen LogP contribution in [0.2, 0.25) is 0 Å². The molecule has 0 spiro atoms. The molecule has 8 heteroatoms. The lowest BCUT2D eigenvalue weighted by molar-refractivity contribution is 0.156. The molecule has 2 amide bonds. The minimum Gasteiger partial charge on any atom is -0.465 e. The molecule has 8 nitrogen and oxygen atoms in total. The molecule has 4 N–H and O–H groups in total. The molecular weight excluding hydrogens is 400 g/mol. The zero-order valence-corrected chi connectivity index (χ0v) is 18.6. The van der Waals surface area contributed by atoms with Gasteiger partial charge < -0.3 is 30.3 Å². The summed E-state index contributed by atoms with van der Waals surface area (Å²) in [5.74, 6) is 0. The average Bonchev–Trinajstić information content (AvgIpc) is 2.70. The Balaban J connectivity index is 0.000000452. The zero-order valence-electron chi connectivity index (χ0n) is 18.6. The molecule has 0 aliphatic carbocycles. The number of hydrogen-bond donors (Lipinski definition) is 4. The second kappa shape index (κ2) is 17.7. The summed E-state index contributed by atoms with van der Waals surface area (Å²) in [5, 5.41) is 20.8. The first kappa shape index (κ1) is 27.9. The molecule has 0 aromatic heterocycles. The van der Waals surface area contributed by atoms with E-state index in [4.69, 9.17) is 10.2 Å². The maximum Gasteiger partial charge on any atom is 0.404 e. The van der Waals surface area contributed by atoms with Crippen molar-refractivity contribution in [1.82, 2.24) is 10.6 Å². The van der Waals surface area contributed by atoms with E-state index in [0.717, 1.165) is 6.42 Å². The van der Waals surface area contributed by atoms with Crippen LogP contribution in [0.15, 0.2) is 60.7 Å². The van der Waals surface area contributed by atoms with Gasteiger partial charge in [-0.05, 0) is 31.4 Å². The molecule has 2 rings (SSSR count). The molecule has 2 aromatic carbocycles. The zero-order chi connectivity index (χ0) is 23.5. The number of carbonyl (C=O) groups is 2. The third-order valence-electron chi connectivity index (χ3n) is 3.67. The van der Waals surface area contributed by atoms with Crippen LogP contribution in [0.5, 0.6) is 0 Å². The largest absolute Gasteiger partial charge is 0.465 e. The summed E-state index contributed by atoms with van der Waals surface area (Å²) in [6, 6.07) is 20.8. The first-order chi connectivity index (χ1) is 14.8. The Kier molecular flexibility index (Phi) is 16.0. The van der Waals surface area contributed by atoms with Crippen molar-refractivity contribution in [2.45, 2.75) is 32.4 Å². The van der Waals surface area contributed by atoms with Crippen molar-refractivity contribution in [3.8, 4) is 0 Å². The van der Waals surface area contributed by atoms with E-state index >= 15 is 0 Å². The molecule has 0 bridgehead atoms. The van der Waals surface area contributed by atoms with Gasteiger partial charge in [0.1, 0.15) is 0 Å². The highest BCUT2D eigenvalue weighted by molar-refractivity contribution is 5.65. The molecule has 0 radical (unpaired) electrons. The third-order valence-corrected chi connectivity index (χ3v) is 3.67. The SMILES string of the molecule is COCC(C)NC(=O)O.COCC(C)NC(=O)O.c1ccc(Cc2ccccc2)cc1. The molecule has 31 heavy (non-hydrogen) atoms. The molecule has 0 heterocycles. The quantitative estimate of drug-likeness (QED) is 0.501. The second-order valence-electron chi connectivity index (χ2n) is 6.76. The van der Waals surface area contributed by atoms with Gasteiger partial charge in [-0.25, -0.2) is 9.59 Å². The standard InChI is InChI=1S/C13H12.2C5H11NO3/c1-3-7-12(8-4-1)11-13-9-5-2-6-10-13;2*1-4(3-9-2)6-5(7)8/h1-10H,11H2;2*4,6H,3H2,1-2H3,(H,7,8). The van der Waals surface area contributed by atoms with Crippen LogP contribution in [-0.2, 0) is 15.9 Å². The van der Waals surface area contributed by atoms with Crippen molar-refractivity contribution in [2.24, 2.45) is 0 Å². The Labute approximate surface area is 184 Å². The molecule has 172 valence electrons. The minimum atomic E-state index is -1.01. The normalized spacial score (nSPS) is 11.5. The summed E-state index contributed by atoms with van der Waals surface area (Å²) in [7, 11) is 3.06. The van der Waals surface area contributed by atoms with Gasteiger partial charge in [0.15, 0.2) is 0 Å². The fourth-order valence-corrected chi connectivity index (χ4v) is 2.43.